The molecule has 32 heavy (non-hydrogen) atoms. The average Bonchev–Trinajstić information content (AvgIpc) is 2.74. The summed E-state index contributed by atoms with van der Waals surface area (Å²) in [7, 11) is -1.12. The van der Waals surface area contributed by atoms with E-state index in [9.17, 15) is 22.0 Å². The fourth-order valence-corrected chi connectivity index (χ4v) is 3.38. The molecule has 1 aromatic heterocycles. The monoisotopic (exact) mass is 464 g/mol. The Hall–Kier alpha value is -3.24. The zero-order chi connectivity index (χ0) is 23.3. The molecule has 0 amide bonds. The highest BCUT2D eigenvalue weighted by Crippen LogP contribution is 2.38. The summed E-state index contributed by atoms with van der Waals surface area (Å²) in [6, 6.07) is 9.71. The van der Waals surface area contributed by atoms with Crippen molar-refractivity contribution in [2.75, 3.05) is 13.2 Å². The number of aryl methyl sites for hydroxylation is 1. The lowest BCUT2D eigenvalue weighted by Crippen LogP contribution is -2.16. The van der Waals surface area contributed by atoms with Gasteiger partial charge < -0.3 is 14.0 Å². The number of hydrogen-bond acceptors (Lipinski definition) is 5. The summed E-state index contributed by atoms with van der Waals surface area (Å²) in [5.74, 6) is -1.29. The zero-order valence-electron chi connectivity index (χ0n) is 17.4. The van der Waals surface area contributed by atoms with E-state index in [1.54, 1.807) is 38.4 Å². The predicted octanol–water partition coefficient (Wildman–Crippen LogP) is 3.18. The minimum atomic E-state index is -2.71. The lowest BCUT2D eigenvalue weighted by molar-refractivity contribution is 0.340. The Balaban J connectivity index is 2.10. The molecule has 0 aliphatic rings. The van der Waals surface area contributed by atoms with E-state index in [0.29, 0.717) is 35.7 Å². The molecule has 170 valence electrons. The number of benzene rings is 2. The average molecular weight is 464 g/mol. The first-order chi connectivity index (χ1) is 15.3. The smallest absolute Gasteiger partial charge is 0.254 e. The van der Waals surface area contributed by atoms with Crippen LogP contribution in [-0.4, -0.2) is 26.1 Å². The Morgan fingerprint density at radius 2 is 1.78 bits per heavy atom. The topological polar surface area (TPSA) is 86.6 Å². The van der Waals surface area contributed by atoms with Crippen LogP contribution in [0.15, 0.2) is 53.5 Å². The van der Waals surface area contributed by atoms with Crippen LogP contribution in [0.25, 0.3) is 11.1 Å². The second-order valence-corrected chi connectivity index (χ2v) is 7.69. The predicted molar refractivity (Wildman–Crippen MR) is 117 cm³/mol. The number of aromatic nitrogens is 1. The first-order valence-electron chi connectivity index (χ1n) is 9.76. The molecule has 0 aliphatic carbocycles. The fourth-order valence-electron chi connectivity index (χ4n) is 3.08. The number of rotatable bonds is 9. The highest BCUT2D eigenvalue weighted by molar-refractivity contribution is 7.70. The quantitative estimate of drug-likeness (QED) is 0.475. The Labute approximate surface area is 185 Å². The maximum atomic E-state index is 13.7. The van der Waals surface area contributed by atoms with Crippen LogP contribution in [0, 0.1) is 11.6 Å². The molecule has 0 saturated carbocycles. The molecule has 0 fully saturated rings. The SMILES string of the molecule is CCOc1cc(=O)n(C)cc1-c1cc(CCN[SH](=O)=O)ccc1Oc1ccc(F)c(F)c1. The fraction of sp³-hybridized carbons (Fsp3) is 0.227. The molecule has 7 nitrogen and oxygen atoms in total. The van der Waals surface area contributed by atoms with Gasteiger partial charge in [-0.1, -0.05) is 6.07 Å². The van der Waals surface area contributed by atoms with Gasteiger partial charge in [-0.3, -0.25) is 4.79 Å². The molecule has 0 unspecified atom stereocenters. The minimum Gasteiger partial charge on any atom is -0.493 e. The van der Waals surface area contributed by atoms with Crippen molar-refractivity contribution in [1.29, 1.82) is 0 Å². The van der Waals surface area contributed by atoms with Crippen LogP contribution >= 0.6 is 0 Å². The largest absolute Gasteiger partial charge is 0.493 e. The van der Waals surface area contributed by atoms with E-state index >= 15 is 0 Å². The molecular weight excluding hydrogens is 442 g/mol. The second-order valence-electron chi connectivity index (χ2n) is 6.86. The molecule has 0 saturated heterocycles. The van der Waals surface area contributed by atoms with Gasteiger partial charge in [-0.05, 0) is 43.2 Å². The number of hydrogen-bond donors (Lipinski definition) is 2. The Kier molecular flexibility index (Phi) is 7.60. The molecule has 0 atom stereocenters. The molecule has 10 heteroatoms. The molecule has 0 bridgehead atoms. The third kappa shape index (κ3) is 5.71. The van der Waals surface area contributed by atoms with Gasteiger partial charge in [0.1, 0.15) is 17.2 Å². The van der Waals surface area contributed by atoms with Crippen LogP contribution in [0.4, 0.5) is 8.78 Å². The van der Waals surface area contributed by atoms with Gasteiger partial charge in [0.05, 0.1) is 6.61 Å². The summed E-state index contributed by atoms with van der Waals surface area (Å²) in [5, 5.41) is 0. The Morgan fingerprint density at radius 1 is 1.00 bits per heavy atom. The van der Waals surface area contributed by atoms with Gasteiger partial charge in [-0.2, -0.15) is 0 Å². The van der Waals surface area contributed by atoms with Crippen LogP contribution in [0.5, 0.6) is 17.2 Å². The van der Waals surface area contributed by atoms with Gasteiger partial charge in [0.15, 0.2) is 11.6 Å². The van der Waals surface area contributed by atoms with Crippen molar-refractivity contribution in [2.24, 2.45) is 7.05 Å². The van der Waals surface area contributed by atoms with E-state index in [0.717, 1.165) is 17.7 Å². The van der Waals surface area contributed by atoms with Crippen molar-refractivity contribution in [3.05, 3.63) is 76.2 Å². The molecule has 0 aliphatic heterocycles. The number of nitrogens with one attached hydrogen (secondary N) is 1. The number of nitrogens with zero attached hydrogens (tertiary/aromatic N) is 1. The Morgan fingerprint density at radius 3 is 2.47 bits per heavy atom. The molecule has 0 radical (unpaired) electrons. The maximum Gasteiger partial charge on any atom is 0.254 e. The summed E-state index contributed by atoms with van der Waals surface area (Å²) < 4.78 is 63.7. The van der Waals surface area contributed by atoms with Crippen LogP contribution < -0.4 is 19.8 Å². The van der Waals surface area contributed by atoms with E-state index in [1.807, 2.05) is 0 Å². The van der Waals surface area contributed by atoms with Crippen molar-refractivity contribution < 1.29 is 26.7 Å². The van der Waals surface area contributed by atoms with Crippen molar-refractivity contribution in [2.45, 2.75) is 13.3 Å². The number of halogens is 2. The van der Waals surface area contributed by atoms with Crippen molar-refractivity contribution in [3.63, 3.8) is 0 Å². The van der Waals surface area contributed by atoms with Gasteiger partial charge in [-0.25, -0.2) is 21.9 Å². The molecule has 3 aromatic rings. The van der Waals surface area contributed by atoms with Crippen molar-refractivity contribution in [1.82, 2.24) is 9.29 Å². The first kappa shape index (κ1) is 23.4. The van der Waals surface area contributed by atoms with Gasteiger partial charge in [0.25, 0.3) is 5.56 Å². The first-order valence-corrected chi connectivity index (χ1v) is 10.9. The third-order valence-corrected chi connectivity index (χ3v) is 5.08. The van der Waals surface area contributed by atoms with Crippen LogP contribution in [0.1, 0.15) is 12.5 Å². The molecule has 3 rings (SSSR count). The lowest BCUT2D eigenvalue weighted by atomic mass is 10.0. The van der Waals surface area contributed by atoms with Crippen LogP contribution in [0.2, 0.25) is 0 Å². The van der Waals surface area contributed by atoms with Gasteiger partial charge in [-0.15, -0.1) is 0 Å². The lowest BCUT2D eigenvalue weighted by Gasteiger charge is -2.17. The summed E-state index contributed by atoms with van der Waals surface area (Å²) in [4.78, 5) is 12.1. The van der Waals surface area contributed by atoms with E-state index in [1.165, 1.54) is 16.7 Å². The van der Waals surface area contributed by atoms with Crippen molar-refractivity contribution >= 4 is 10.9 Å². The van der Waals surface area contributed by atoms with Crippen LogP contribution in [-0.2, 0) is 24.4 Å². The standard InChI is InChI=1S/C22H22F2N2O5S/c1-3-30-21-12-22(27)26(2)13-17(21)16-10-14(8-9-25-32(28)29)4-7-20(16)31-15-5-6-18(23)19(24)11-15/h4-7,10-13,32H,3,8-9H2,1-2H3,(H,25,28,29). The normalized spacial score (nSPS) is 11.0. The van der Waals surface area contributed by atoms with E-state index in [-0.39, 0.29) is 17.9 Å². The number of thiol groups is 1. The van der Waals surface area contributed by atoms with Crippen molar-refractivity contribution in [3.8, 4) is 28.4 Å². The molecule has 0 spiro atoms. The summed E-state index contributed by atoms with van der Waals surface area (Å²) in [5.41, 5.74) is 1.62. The van der Waals surface area contributed by atoms with E-state index < -0.39 is 22.5 Å². The van der Waals surface area contributed by atoms with E-state index in [4.69, 9.17) is 9.47 Å². The Bertz CT molecular complexity index is 1250. The maximum absolute atomic E-state index is 13.7. The second kappa shape index (κ2) is 10.4. The molecule has 1 N–H and O–H groups in total. The molecule has 1 heterocycles. The molecular formula is C22H22F2N2O5S. The summed E-state index contributed by atoms with van der Waals surface area (Å²) in [6.07, 6.45) is 1.99. The highest BCUT2D eigenvalue weighted by Gasteiger charge is 2.16. The zero-order valence-corrected chi connectivity index (χ0v) is 18.3. The molecule has 2 aromatic carbocycles. The van der Waals surface area contributed by atoms with Crippen LogP contribution in [0.3, 0.4) is 0 Å². The third-order valence-electron chi connectivity index (χ3n) is 4.60. The van der Waals surface area contributed by atoms with Gasteiger partial charge in [0.2, 0.25) is 10.9 Å². The van der Waals surface area contributed by atoms with Gasteiger partial charge in [0, 0.05) is 43.0 Å². The summed E-state index contributed by atoms with van der Waals surface area (Å²) >= 11 is 0. The summed E-state index contributed by atoms with van der Waals surface area (Å²) in [6.45, 7) is 2.30. The number of pyridine rings is 1. The van der Waals surface area contributed by atoms with E-state index in [2.05, 4.69) is 4.72 Å². The van der Waals surface area contributed by atoms with Gasteiger partial charge >= 0.3 is 0 Å². The number of ether oxygens (including phenoxy) is 2. The highest BCUT2D eigenvalue weighted by atomic mass is 32.2. The minimum absolute atomic E-state index is 0.0886.